The highest BCUT2D eigenvalue weighted by molar-refractivity contribution is 8.00. The molecule has 3 rings (SSSR count). The molecule has 2 atom stereocenters. The molecule has 0 radical (unpaired) electrons. The Bertz CT molecular complexity index is 567. The molecule has 1 aromatic carbocycles. The summed E-state index contributed by atoms with van der Waals surface area (Å²) in [5.74, 6) is 1.26. The molecule has 1 fully saturated rings. The van der Waals surface area contributed by atoms with Crippen molar-refractivity contribution < 1.29 is 0 Å². The Hall–Kier alpha value is -1.22. The molecule has 1 N–H and O–H groups in total. The van der Waals surface area contributed by atoms with Gasteiger partial charge in [0.15, 0.2) is 0 Å². The van der Waals surface area contributed by atoms with Gasteiger partial charge in [0.2, 0.25) is 0 Å². The van der Waals surface area contributed by atoms with E-state index in [-0.39, 0.29) is 0 Å². The lowest BCUT2D eigenvalue weighted by atomic mass is 10.1. The van der Waals surface area contributed by atoms with Crippen LogP contribution < -0.4 is 5.32 Å². The van der Waals surface area contributed by atoms with Crippen LogP contribution >= 0.6 is 11.8 Å². The summed E-state index contributed by atoms with van der Waals surface area (Å²) in [5.41, 5.74) is 3.35. The average molecular weight is 258 g/mol. The van der Waals surface area contributed by atoms with Crippen LogP contribution in [0.1, 0.15) is 19.0 Å². The maximum absolute atomic E-state index is 4.67. The van der Waals surface area contributed by atoms with Crippen molar-refractivity contribution in [3.8, 4) is 0 Å². The fourth-order valence-corrected chi connectivity index (χ4v) is 3.68. The molecule has 18 heavy (non-hydrogen) atoms. The van der Waals surface area contributed by atoms with Crippen LogP contribution in [0.15, 0.2) is 30.3 Å². The van der Waals surface area contributed by atoms with Gasteiger partial charge in [-0.15, -0.1) is 0 Å². The number of para-hydroxylation sites is 1. The van der Waals surface area contributed by atoms with Crippen molar-refractivity contribution in [2.45, 2.75) is 31.6 Å². The predicted molar refractivity (Wildman–Crippen MR) is 80.4 cm³/mol. The highest BCUT2D eigenvalue weighted by Gasteiger charge is 2.24. The Morgan fingerprint density at radius 2 is 2.17 bits per heavy atom. The largest absolute Gasteiger partial charge is 0.379 e. The van der Waals surface area contributed by atoms with Crippen LogP contribution in [0.4, 0.5) is 5.69 Å². The van der Waals surface area contributed by atoms with Crippen molar-refractivity contribution in [1.82, 2.24) is 4.98 Å². The fourth-order valence-electron chi connectivity index (χ4n) is 2.48. The summed E-state index contributed by atoms with van der Waals surface area (Å²) in [5, 5.41) is 5.57. The van der Waals surface area contributed by atoms with Crippen LogP contribution in [0.2, 0.25) is 0 Å². The number of fused-ring (bicyclic) bond motifs is 1. The first kappa shape index (κ1) is 11.8. The van der Waals surface area contributed by atoms with Crippen LogP contribution in [-0.2, 0) is 0 Å². The fraction of sp³-hybridized carbons (Fsp3) is 0.400. The zero-order valence-corrected chi connectivity index (χ0v) is 11.6. The normalized spacial score (nSPS) is 23.4. The van der Waals surface area contributed by atoms with Gasteiger partial charge in [-0.3, -0.25) is 4.98 Å². The summed E-state index contributed by atoms with van der Waals surface area (Å²) in [7, 11) is 0. The maximum atomic E-state index is 4.67. The highest BCUT2D eigenvalue weighted by Crippen LogP contribution is 2.30. The van der Waals surface area contributed by atoms with Crippen LogP contribution in [0.3, 0.4) is 0 Å². The van der Waals surface area contributed by atoms with E-state index >= 15 is 0 Å². The molecule has 0 saturated carbocycles. The Morgan fingerprint density at radius 1 is 1.28 bits per heavy atom. The number of nitrogens with zero attached hydrogens (tertiary/aromatic N) is 1. The third-order valence-electron chi connectivity index (χ3n) is 3.58. The topological polar surface area (TPSA) is 24.9 Å². The molecule has 0 spiro atoms. The van der Waals surface area contributed by atoms with E-state index < -0.39 is 0 Å². The van der Waals surface area contributed by atoms with Gasteiger partial charge in [0.1, 0.15) is 0 Å². The molecule has 0 amide bonds. The molecule has 1 aliphatic heterocycles. The van der Waals surface area contributed by atoms with Crippen LogP contribution in [0, 0.1) is 6.92 Å². The van der Waals surface area contributed by atoms with Gasteiger partial charge < -0.3 is 5.32 Å². The van der Waals surface area contributed by atoms with Gasteiger partial charge in [-0.1, -0.05) is 25.1 Å². The summed E-state index contributed by atoms with van der Waals surface area (Å²) in [6, 6.07) is 11.2. The Labute approximate surface area is 112 Å². The number of anilines is 1. The molecule has 2 nitrogen and oxygen atoms in total. The smallest absolute Gasteiger partial charge is 0.0936 e. The number of aromatic nitrogens is 1. The molecule has 1 aliphatic rings. The summed E-state index contributed by atoms with van der Waals surface area (Å²) in [4.78, 5) is 4.67. The van der Waals surface area contributed by atoms with Crippen LogP contribution in [0.5, 0.6) is 0 Å². The lowest BCUT2D eigenvalue weighted by Gasteiger charge is -2.19. The van der Waals surface area contributed by atoms with Gasteiger partial charge in [0.05, 0.1) is 11.2 Å². The van der Waals surface area contributed by atoms with Crippen molar-refractivity contribution >= 4 is 28.4 Å². The molecular weight excluding hydrogens is 240 g/mol. The number of pyridine rings is 1. The van der Waals surface area contributed by atoms with Crippen molar-refractivity contribution in [1.29, 1.82) is 0 Å². The quantitative estimate of drug-likeness (QED) is 0.885. The van der Waals surface area contributed by atoms with Crippen molar-refractivity contribution in [2.75, 3.05) is 11.1 Å². The van der Waals surface area contributed by atoms with Gasteiger partial charge in [-0.2, -0.15) is 11.8 Å². The predicted octanol–water partition coefficient (Wildman–Crippen LogP) is 3.85. The van der Waals surface area contributed by atoms with Crippen LogP contribution in [-0.4, -0.2) is 22.0 Å². The number of benzene rings is 1. The maximum Gasteiger partial charge on any atom is 0.0936 e. The molecule has 0 aliphatic carbocycles. The monoisotopic (exact) mass is 258 g/mol. The number of thioether (sulfide) groups is 1. The molecular formula is C15H18N2S. The SMILES string of the molecule is Cc1ccc2cccc(NC3CCSC3C)c2n1. The lowest BCUT2D eigenvalue weighted by Crippen LogP contribution is -2.24. The summed E-state index contributed by atoms with van der Waals surface area (Å²) in [6.45, 7) is 4.35. The van der Waals surface area contributed by atoms with E-state index in [4.69, 9.17) is 0 Å². The lowest BCUT2D eigenvalue weighted by molar-refractivity contribution is 0.725. The number of rotatable bonds is 2. The van der Waals surface area contributed by atoms with E-state index in [1.807, 2.05) is 6.92 Å². The number of hydrogen-bond donors (Lipinski definition) is 1. The molecule has 2 unspecified atom stereocenters. The first-order valence-corrected chi connectivity index (χ1v) is 7.53. The minimum absolute atomic E-state index is 0.572. The highest BCUT2D eigenvalue weighted by atomic mass is 32.2. The van der Waals surface area contributed by atoms with Gasteiger partial charge in [-0.05, 0) is 31.2 Å². The standard InChI is InChI=1S/C15H18N2S/c1-10-6-7-12-4-3-5-14(15(12)16-10)17-13-8-9-18-11(13)2/h3-7,11,13,17H,8-9H2,1-2H3. The number of nitrogens with one attached hydrogen (secondary N) is 1. The Balaban J connectivity index is 1.98. The Kier molecular flexibility index (Phi) is 3.16. The third-order valence-corrected chi connectivity index (χ3v) is 4.90. The first-order valence-electron chi connectivity index (χ1n) is 6.48. The molecule has 94 valence electrons. The van der Waals surface area contributed by atoms with Gasteiger partial charge >= 0.3 is 0 Å². The minimum atomic E-state index is 0.572. The first-order chi connectivity index (χ1) is 8.74. The third kappa shape index (κ3) is 2.19. The van der Waals surface area contributed by atoms with E-state index in [1.165, 1.54) is 23.2 Å². The second kappa shape index (κ2) is 4.81. The Morgan fingerprint density at radius 3 is 2.94 bits per heavy atom. The van der Waals surface area contributed by atoms with Crippen LogP contribution in [0.25, 0.3) is 10.9 Å². The molecule has 3 heteroatoms. The van der Waals surface area contributed by atoms with Crippen molar-refractivity contribution in [2.24, 2.45) is 0 Å². The van der Waals surface area contributed by atoms with Crippen molar-refractivity contribution in [3.63, 3.8) is 0 Å². The van der Waals surface area contributed by atoms with E-state index in [0.29, 0.717) is 11.3 Å². The van der Waals surface area contributed by atoms with E-state index in [1.54, 1.807) is 0 Å². The summed E-state index contributed by atoms with van der Waals surface area (Å²) < 4.78 is 0. The minimum Gasteiger partial charge on any atom is -0.379 e. The van der Waals surface area contributed by atoms with E-state index in [2.05, 4.69) is 59.3 Å². The molecule has 1 aromatic heterocycles. The van der Waals surface area contributed by atoms with E-state index in [9.17, 15) is 0 Å². The summed E-state index contributed by atoms with van der Waals surface area (Å²) in [6.07, 6.45) is 1.24. The molecule has 2 aromatic rings. The molecule has 2 heterocycles. The molecule has 1 saturated heterocycles. The second-order valence-electron chi connectivity index (χ2n) is 4.95. The van der Waals surface area contributed by atoms with Gasteiger partial charge in [0.25, 0.3) is 0 Å². The van der Waals surface area contributed by atoms with Gasteiger partial charge in [0, 0.05) is 22.4 Å². The summed E-state index contributed by atoms with van der Waals surface area (Å²) >= 11 is 2.05. The zero-order chi connectivity index (χ0) is 12.5. The molecule has 0 bridgehead atoms. The zero-order valence-electron chi connectivity index (χ0n) is 10.8. The second-order valence-corrected chi connectivity index (χ2v) is 6.43. The number of hydrogen-bond acceptors (Lipinski definition) is 3. The van der Waals surface area contributed by atoms with E-state index in [0.717, 1.165) is 11.2 Å². The number of aryl methyl sites for hydroxylation is 1. The van der Waals surface area contributed by atoms with Gasteiger partial charge in [-0.25, -0.2) is 0 Å². The average Bonchev–Trinajstić information content (AvgIpc) is 2.76. The van der Waals surface area contributed by atoms with Crippen molar-refractivity contribution in [3.05, 3.63) is 36.0 Å².